The summed E-state index contributed by atoms with van der Waals surface area (Å²) in [4.78, 5) is 10.9. The van der Waals surface area contributed by atoms with Crippen LogP contribution in [0, 0.1) is 0 Å². The molecule has 0 spiro atoms. The lowest BCUT2D eigenvalue weighted by Crippen LogP contribution is -2.31. The normalized spacial score (nSPS) is 25.3. The quantitative estimate of drug-likeness (QED) is 0.613. The Morgan fingerprint density at radius 1 is 1.42 bits per heavy atom. The zero-order valence-electron chi connectivity index (χ0n) is 7.45. The summed E-state index contributed by atoms with van der Waals surface area (Å²) in [6.07, 6.45) is 1.00. The van der Waals surface area contributed by atoms with Crippen LogP contribution in [-0.2, 0) is 13.9 Å². The van der Waals surface area contributed by atoms with E-state index in [1.165, 1.54) is 7.11 Å². The molecule has 0 aromatic carbocycles. The van der Waals surface area contributed by atoms with Gasteiger partial charge in [0.25, 0.3) is 7.52 Å². The van der Waals surface area contributed by atoms with Gasteiger partial charge in [-0.3, -0.25) is 9.36 Å². The molecule has 0 radical (unpaired) electrons. The van der Waals surface area contributed by atoms with Crippen LogP contribution in [0.1, 0.15) is 12.8 Å². The largest absolute Gasteiger partial charge is 0.321 e. The Labute approximate surface area is 72.4 Å². The van der Waals surface area contributed by atoms with Gasteiger partial charge in [0.1, 0.15) is 5.78 Å². The number of nitrogens with zero attached hydrogens (tertiary/aromatic N) is 1. The standard InChI is InChI=1S/C7H14NO3P/c1-11-12(2,10)8-5-3-7(9)4-6-8/h3-6H2,1-2H3. The molecule has 1 saturated heterocycles. The molecule has 1 heterocycles. The third kappa shape index (κ3) is 2.16. The van der Waals surface area contributed by atoms with Gasteiger partial charge in [0, 0.05) is 39.7 Å². The van der Waals surface area contributed by atoms with E-state index in [2.05, 4.69) is 0 Å². The van der Waals surface area contributed by atoms with Gasteiger partial charge in [0.05, 0.1) is 0 Å². The van der Waals surface area contributed by atoms with Gasteiger partial charge in [-0.25, -0.2) is 4.67 Å². The van der Waals surface area contributed by atoms with Crippen molar-refractivity contribution in [2.75, 3.05) is 26.9 Å². The molecule has 0 bridgehead atoms. The minimum absolute atomic E-state index is 0.252. The van der Waals surface area contributed by atoms with Gasteiger partial charge in [-0.2, -0.15) is 0 Å². The molecule has 0 N–H and O–H groups in total. The summed E-state index contributed by atoms with van der Waals surface area (Å²) in [5.41, 5.74) is 0. The van der Waals surface area contributed by atoms with Crippen molar-refractivity contribution in [1.82, 2.24) is 4.67 Å². The van der Waals surface area contributed by atoms with Crippen molar-refractivity contribution in [2.24, 2.45) is 0 Å². The molecule has 1 unspecified atom stereocenters. The lowest BCUT2D eigenvalue weighted by Gasteiger charge is -2.29. The number of ketones is 1. The third-order valence-electron chi connectivity index (χ3n) is 2.15. The van der Waals surface area contributed by atoms with E-state index in [0.717, 1.165) is 0 Å². The van der Waals surface area contributed by atoms with Crippen molar-refractivity contribution < 1.29 is 13.9 Å². The summed E-state index contributed by atoms with van der Waals surface area (Å²) in [5.74, 6) is 0.252. The summed E-state index contributed by atoms with van der Waals surface area (Å²) in [6.45, 7) is 2.73. The second-order valence-corrected chi connectivity index (χ2v) is 5.51. The molecule has 4 nitrogen and oxygen atoms in total. The molecule has 5 heteroatoms. The molecule has 70 valence electrons. The molecule has 12 heavy (non-hydrogen) atoms. The van der Waals surface area contributed by atoms with E-state index in [9.17, 15) is 9.36 Å². The van der Waals surface area contributed by atoms with Crippen LogP contribution in [-0.4, -0.2) is 37.3 Å². The fraction of sp³-hybridized carbons (Fsp3) is 0.857. The first kappa shape index (κ1) is 9.90. The Kier molecular flexibility index (Phi) is 3.04. The molecule has 1 fully saturated rings. The van der Waals surface area contributed by atoms with Gasteiger partial charge in [-0.1, -0.05) is 0 Å². The average Bonchev–Trinajstić information content (AvgIpc) is 2.05. The van der Waals surface area contributed by atoms with Crippen LogP contribution < -0.4 is 0 Å². The van der Waals surface area contributed by atoms with Crippen molar-refractivity contribution in [2.45, 2.75) is 12.8 Å². The minimum atomic E-state index is -2.59. The Hall–Kier alpha value is -0.180. The molecule has 1 atom stereocenters. The minimum Gasteiger partial charge on any atom is -0.321 e. The number of hydrogen-bond acceptors (Lipinski definition) is 3. The Morgan fingerprint density at radius 2 is 1.92 bits per heavy atom. The Bertz CT molecular complexity index is 219. The summed E-state index contributed by atoms with van der Waals surface area (Å²) in [5, 5.41) is 0. The summed E-state index contributed by atoms with van der Waals surface area (Å²) < 4.78 is 18.3. The second kappa shape index (κ2) is 3.69. The lowest BCUT2D eigenvalue weighted by molar-refractivity contribution is -0.120. The molecular weight excluding hydrogens is 177 g/mol. The SMILES string of the molecule is COP(C)(=O)N1CCC(=O)CC1. The first-order chi connectivity index (χ1) is 5.56. The van der Waals surface area contributed by atoms with E-state index < -0.39 is 7.52 Å². The molecule has 0 amide bonds. The molecule has 0 aromatic heterocycles. The monoisotopic (exact) mass is 191 g/mol. The van der Waals surface area contributed by atoms with Crippen LogP contribution in [0.25, 0.3) is 0 Å². The zero-order valence-corrected chi connectivity index (χ0v) is 8.34. The van der Waals surface area contributed by atoms with E-state index >= 15 is 0 Å². The van der Waals surface area contributed by atoms with Crippen molar-refractivity contribution in [3.8, 4) is 0 Å². The van der Waals surface area contributed by atoms with E-state index in [4.69, 9.17) is 4.52 Å². The third-order valence-corrected chi connectivity index (χ3v) is 4.26. The molecule has 0 saturated carbocycles. The Balaban J connectivity index is 2.55. The number of Topliss-reactive ketones (excluding diaryl/α,β-unsaturated/α-hetero) is 1. The van der Waals surface area contributed by atoms with Crippen LogP contribution >= 0.6 is 7.52 Å². The Morgan fingerprint density at radius 3 is 2.33 bits per heavy atom. The summed E-state index contributed by atoms with van der Waals surface area (Å²) in [7, 11) is -1.15. The highest BCUT2D eigenvalue weighted by Crippen LogP contribution is 2.46. The fourth-order valence-corrected chi connectivity index (χ4v) is 2.38. The molecule has 1 aliphatic heterocycles. The number of hydrogen-bond donors (Lipinski definition) is 0. The fourth-order valence-electron chi connectivity index (χ4n) is 1.22. The molecule has 1 aliphatic rings. The van der Waals surface area contributed by atoms with Crippen LogP contribution in [0.5, 0.6) is 0 Å². The van der Waals surface area contributed by atoms with Crippen molar-refractivity contribution >= 4 is 13.3 Å². The van der Waals surface area contributed by atoms with E-state index in [1.807, 2.05) is 0 Å². The van der Waals surface area contributed by atoms with Gasteiger partial charge in [-0.05, 0) is 0 Å². The van der Waals surface area contributed by atoms with Crippen LogP contribution in [0.15, 0.2) is 0 Å². The zero-order chi connectivity index (χ0) is 9.19. The second-order valence-electron chi connectivity index (χ2n) is 2.98. The van der Waals surface area contributed by atoms with E-state index in [-0.39, 0.29) is 5.78 Å². The number of carbonyl (C=O) groups is 1. The van der Waals surface area contributed by atoms with Crippen LogP contribution in [0.2, 0.25) is 0 Å². The maximum Gasteiger partial charge on any atom is 0.269 e. The van der Waals surface area contributed by atoms with Gasteiger partial charge in [0.2, 0.25) is 0 Å². The number of rotatable bonds is 2. The van der Waals surface area contributed by atoms with Gasteiger partial charge >= 0.3 is 0 Å². The van der Waals surface area contributed by atoms with Gasteiger partial charge in [0.15, 0.2) is 0 Å². The maximum absolute atomic E-state index is 11.6. The highest BCUT2D eigenvalue weighted by Gasteiger charge is 2.28. The molecule has 0 aliphatic carbocycles. The number of piperidine rings is 1. The summed E-state index contributed by atoms with van der Waals surface area (Å²) >= 11 is 0. The predicted molar refractivity (Wildman–Crippen MR) is 46.4 cm³/mol. The lowest BCUT2D eigenvalue weighted by atomic mass is 10.1. The smallest absolute Gasteiger partial charge is 0.269 e. The van der Waals surface area contributed by atoms with Gasteiger partial charge < -0.3 is 4.52 Å². The molecule has 1 rings (SSSR count). The number of carbonyl (C=O) groups excluding carboxylic acids is 1. The summed E-state index contributed by atoms with van der Waals surface area (Å²) in [6, 6.07) is 0. The molecular formula is C7H14NO3P. The van der Waals surface area contributed by atoms with Crippen molar-refractivity contribution in [3.05, 3.63) is 0 Å². The highest BCUT2D eigenvalue weighted by atomic mass is 31.2. The molecule has 0 aromatic rings. The topological polar surface area (TPSA) is 46.6 Å². The van der Waals surface area contributed by atoms with Crippen LogP contribution in [0.4, 0.5) is 0 Å². The van der Waals surface area contributed by atoms with Crippen molar-refractivity contribution in [1.29, 1.82) is 0 Å². The highest BCUT2D eigenvalue weighted by molar-refractivity contribution is 7.55. The van der Waals surface area contributed by atoms with E-state index in [0.29, 0.717) is 25.9 Å². The van der Waals surface area contributed by atoms with Crippen molar-refractivity contribution in [3.63, 3.8) is 0 Å². The van der Waals surface area contributed by atoms with Crippen LogP contribution in [0.3, 0.4) is 0 Å². The average molecular weight is 191 g/mol. The predicted octanol–water partition coefficient (Wildman–Crippen LogP) is 1.12. The van der Waals surface area contributed by atoms with Gasteiger partial charge in [-0.15, -0.1) is 0 Å². The first-order valence-corrected chi connectivity index (χ1v) is 5.99. The maximum atomic E-state index is 11.6. The first-order valence-electron chi connectivity index (χ1n) is 3.96. The van der Waals surface area contributed by atoms with E-state index in [1.54, 1.807) is 11.3 Å².